The summed E-state index contributed by atoms with van der Waals surface area (Å²) in [4.78, 5) is 29.4. The zero-order valence-corrected chi connectivity index (χ0v) is 13.7. The number of esters is 1. The highest BCUT2D eigenvalue weighted by Crippen LogP contribution is 2.32. The minimum absolute atomic E-state index is 0.0954. The monoisotopic (exact) mass is 352 g/mol. The smallest absolute Gasteiger partial charge is 0.350 e. The van der Waals surface area contributed by atoms with Gasteiger partial charge in [0.25, 0.3) is 0 Å². The molecule has 0 saturated carbocycles. The number of carbonyl (C=O) groups excluding carboxylic acids is 2. The van der Waals surface area contributed by atoms with Crippen LogP contribution in [0.25, 0.3) is 0 Å². The van der Waals surface area contributed by atoms with Crippen molar-refractivity contribution in [3.63, 3.8) is 0 Å². The highest BCUT2D eigenvalue weighted by atomic mass is 35.7. The summed E-state index contributed by atoms with van der Waals surface area (Å²) in [7, 11) is 2.83. The first kappa shape index (κ1) is 16.2. The third-order valence-corrected chi connectivity index (χ3v) is 5.43. The number of halogens is 1. The van der Waals surface area contributed by atoms with Crippen LogP contribution in [0.4, 0.5) is 5.13 Å². The molecule has 1 atom stereocenters. The Hall–Kier alpha value is -1.19. The minimum atomic E-state index is -3.65. The molecule has 1 saturated heterocycles. The molecule has 0 N–H and O–H groups in total. The molecule has 1 unspecified atom stereocenters. The summed E-state index contributed by atoms with van der Waals surface area (Å²) in [6.45, 7) is 1.87. The van der Waals surface area contributed by atoms with Crippen molar-refractivity contribution in [3.8, 4) is 0 Å². The van der Waals surface area contributed by atoms with Crippen LogP contribution in [0.3, 0.4) is 0 Å². The standard InChI is InChI=1S/C11H13ClN2O5S2/c1-6-9(10(16)19-2)20-11(13-6)14-4-7(3-8(14)15)5-21(12,17)18/h7H,3-5H2,1-2H3. The van der Waals surface area contributed by atoms with Crippen molar-refractivity contribution in [2.45, 2.75) is 13.3 Å². The van der Waals surface area contributed by atoms with Crippen molar-refractivity contribution in [1.29, 1.82) is 0 Å². The fourth-order valence-corrected chi connectivity index (χ4v) is 4.47. The van der Waals surface area contributed by atoms with Crippen LogP contribution in [0.15, 0.2) is 0 Å². The van der Waals surface area contributed by atoms with Crippen LogP contribution in [0.2, 0.25) is 0 Å². The number of anilines is 1. The Morgan fingerprint density at radius 2 is 2.24 bits per heavy atom. The van der Waals surface area contributed by atoms with Gasteiger partial charge in [0, 0.05) is 29.6 Å². The molecule has 0 bridgehead atoms. The Balaban J connectivity index is 2.19. The van der Waals surface area contributed by atoms with E-state index in [0.717, 1.165) is 11.3 Å². The Morgan fingerprint density at radius 1 is 1.57 bits per heavy atom. The number of hydrogen-bond acceptors (Lipinski definition) is 7. The van der Waals surface area contributed by atoms with Crippen LogP contribution in [0.5, 0.6) is 0 Å². The molecule has 0 aliphatic carbocycles. The predicted molar refractivity (Wildman–Crippen MR) is 78.3 cm³/mol. The van der Waals surface area contributed by atoms with Gasteiger partial charge in [0.15, 0.2) is 5.13 Å². The molecule has 10 heteroatoms. The van der Waals surface area contributed by atoms with E-state index >= 15 is 0 Å². The Bertz CT molecular complexity index is 685. The van der Waals surface area contributed by atoms with Gasteiger partial charge in [0.05, 0.1) is 18.6 Å². The fourth-order valence-electron chi connectivity index (χ4n) is 2.14. The zero-order chi connectivity index (χ0) is 15.8. The van der Waals surface area contributed by atoms with Crippen LogP contribution in [0, 0.1) is 12.8 Å². The molecule has 116 valence electrons. The van der Waals surface area contributed by atoms with Crippen molar-refractivity contribution in [2.24, 2.45) is 5.92 Å². The molecule has 1 aromatic rings. The number of ether oxygens (including phenoxy) is 1. The summed E-state index contributed by atoms with van der Waals surface area (Å²) in [5.41, 5.74) is 0.475. The van der Waals surface area contributed by atoms with E-state index in [1.54, 1.807) is 6.92 Å². The first-order valence-electron chi connectivity index (χ1n) is 5.99. The van der Waals surface area contributed by atoms with Gasteiger partial charge in [-0.3, -0.25) is 9.69 Å². The van der Waals surface area contributed by atoms with E-state index in [4.69, 9.17) is 10.7 Å². The number of nitrogens with zero attached hydrogens (tertiary/aromatic N) is 2. The Morgan fingerprint density at radius 3 is 2.81 bits per heavy atom. The lowest BCUT2D eigenvalue weighted by Gasteiger charge is -2.12. The second-order valence-electron chi connectivity index (χ2n) is 4.68. The molecule has 0 spiro atoms. The molecular formula is C11H13ClN2O5S2. The minimum Gasteiger partial charge on any atom is -0.465 e. The SMILES string of the molecule is COC(=O)c1sc(N2CC(CS(=O)(=O)Cl)CC2=O)nc1C. The van der Waals surface area contributed by atoms with Gasteiger partial charge < -0.3 is 4.74 Å². The molecule has 1 aromatic heterocycles. The van der Waals surface area contributed by atoms with Gasteiger partial charge in [0.2, 0.25) is 15.0 Å². The third kappa shape index (κ3) is 3.72. The molecule has 1 aliphatic heterocycles. The summed E-state index contributed by atoms with van der Waals surface area (Å²) in [6, 6.07) is 0. The molecule has 0 radical (unpaired) electrons. The van der Waals surface area contributed by atoms with E-state index < -0.39 is 15.0 Å². The number of thiazole rings is 1. The maximum atomic E-state index is 12.0. The molecule has 21 heavy (non-hydrogen) atoms. The maximum Gasteiger partial charge on any atom is 0.350 e. The third-order valence-electron chi connectivity index (χ3n) is 3.03. The quantitative estimate of drug-likeness (QED) is 0.596. The lowest BCUT2D eigenvalue weighted by atomic mass is 10.1. The summed E-state index contributed by atoms with van der Waals surface area (Å²) >= 11 is 1.05. The topological polar surface area (TPSA) is 93.6 Å². The van der Waals surface area contributed by atoms with E-state index in [-0.39, 0.29) is 30.5 Å². The molecule has 2 heterocycles. The van der Waals surface area contributed by atoms with Crippen molar-refractivity contribution < 1.29 is 22.7 Å². The number of rotatable bonds is 4. The number of hydrogen-bond donors (Lipinski definition) is 0. The largest absolute Gasteiger partial charge is 0.465 e. The fraction of sp³-hybridized carbons (Fsp3) is 0.545. The average molecular weight is 353 g/mol. The van der Waals surface area contributed by atoms with Gasteiger partial charge in [-0.1, -0.05) is 11.3 Å². The first-order chi connectivity index (χ1) is 9.71. The van der Waals surface area contributed by atoms with Gasteiger partial charge in [-0.05, 0) is 6.92 Å². The van der Waals surface area contributed by atoms with Crippen molar-refractivity contribution >= 4 is 48.1 Å². The summed E-state index contributed by atoms with van der Waals surface area (Å²) in [5, 5.41) is 0.368. The maximum absolute atomic E-state index is 12.0. The van der Waals surface area contributed by atoms with E-state index in [0.29, 0.717) is 15.7 Å². The first-order valence-corrected chi connectivity index (χ1v) is 9.29. The molecule has 1 amide bonds. The number of aromatic nitrogens is 1. The number of carbonyl (C=O) groups is 2. The number of methoxy groups -OCH3 is 1. The highest BCUT2D eigenvalue weighted by molar-refractivity contribution is 8.13. The normalized spacial score (nSPS) is 19.1. The Kier molecular flexibility index (Phi) is 4.54. The van der Waals surface area contributed by atoms with E-state index in [1.165, 1.54) is 12.0 Å². The average Bonchev–Trinajstić information content (AvgIpc) is 2.89. The molecular weight excluding hydrogens is 340 g/mol. The van der Waals surface area contributed by atoms with Crippen LogP contribution >= 0.6 is 22.0 Å². The highest BCUT2D eigenvalue weighted by Gasteiger charge is 2.35. The van der Waals surface area contributed by atoms with Crippen molar-refractivity contribution in [3.05, 3.63) is 10.6 Å². The van der Waals surface area contributed by atoms with Crippen LogP contribution in [0.1, 0.15) is 21.8 Å². The van der Waals surface area contributed by atoms with Crippen LogP contribution < -0.4 is 4.90 Å². The van der Waals surface area contributed by atoms with Crippen LogP contribution in [-0.2, 0) is 18.6 Å². The summed E-state index contributed by atoms with van der Waals surface area (Å²) < 4.78 is 26.8. The predicted octanol–water partition coefficient (Wildman–Crippen LogP) is 1.16. The van der Waals surface area contributed by atoms with E-state index in [1.807, 2.05) is 0 Å². The van der Waals surface area contributed by atoms with Gasteiger partial charge in [0.1, 0.15) is 4.88 Å². The molecule has 2 rings (SSSR count). The van der Waals surface area contributed by atoms with Gasteiger partial charge in [-0.2, -0.15) is 0 Å². The molecule has 0 aromatic carbocycles. The molecule has 7 nitrogen and oxygen atoms in total. The van der Waals surface area contributed by atoms with E-state index in [9.17, 15) is 18.0 Å². The number of aryl methyl sites for hydroxylation is 1. The Labute approximate surface area is 130 Å². The molecule has 1 fully saturated rings. The van der Waals surface area contributed by atoms with Gasteiger partial charge in [-0.25, -0.2) is 18.2 Å². The van der Waals surface area contributed by atoms with E-state index in [2.05, 4.69) is 9.72 Å². The lowest BCUT2D eigenvalue weighted by molar-refractivity contribution is -0.117. The lowest BCUT2D eigenvalue weighted by Crippen LogP contribution is -2.25. The summed E-state index contributed by atoms with van der Waals surface area (Å²) in [5.74, 6) is -1.37. The number of amides is 1. The van der Waals surface area contributed by atoms with Gasteiger partial charge in [-0.15, -0.1) is 0 Å². The van der Waals surface area contributed by atoms with Crippen LogP contribution in [-0.4, -0.2) is 44.7 Å². The summed E-state index contributed by atoms with van der Waals surface area (Å²) in [6.07, 6.45) is 0.0954. The second-order valence-corrected chi connectivity index (χ2v) is 8.48. The zero-order valence-electron chi connectivity index (χ0n) is 11.3. The van der Waals surface area contributed by atoms with Crippen molar-refractivity contribution in [2.75, 3.05) is 24.3 Å². The molecule has 1 aliphatic rings. The second kappa shape index (κ2) is 5.90. The van der Waals surface area contributed by atoms with Crippen molar-refractivity contribution in [1.82, 2.24) is 4.98 Å². The van der Waals surface area contributed by atoms with Gasteiger partial charge >= 0.3 is 5.97 Å².